The molecule has 0 fully saturated rings. The van der Waals surface area contributed by atoms with Crippen LogP contribution < -0.4 is 10.1 Å². The van der Waals surface area contributed by atoms with Gasteiger partial charge in [0.2, 0.25) is 0 Å². The molecule has 19 heavy (non-hydrogen) atoms. The van der Waals surface area contributed by atoms with E-state index in [1.807, 2.05) is 0 Å². The second-order valence-corrected chi connectivity index (χ2v) is 5.59. The minimum Gasteiger partial charge on any atom is -0.493 e. The summed E-state index contributed by atoms with van der Waals surface area (Å²) in [5.74, 6) is 1.67. The van der Waals surface area contributed by atoms with Crippen molar-refractivity contribution in [3.05, 3.63) is 29.8 Å². The van der Waals surface area contributed by atoms with Crippen LogP contribution in [0, 0.1) is 0 Å². The number of hydrogen-bond acceptors (Lipinski definition) is 2. The Morgan fingerprint density at radius 2 is 1.84 bits per heavy atom. The molecule has 1 unspecified atom stereocenters. The molecule has 1 N–H and O–H groups in total. The van der Waals surface area contributed by atoms with Crippen molar-refractivity contribution in [2.75, 3.05) is 13.2 Å². The highest BCUT2D eigenvalue weighted by atomic mass is 16.5. The van der Waals surface area contributed by atoms with Crippen molar-refractivity contribution in [3.63, 3.8) is 0 Å². The lowest BCUT2D eigenvalue weighted by atomic mass is 9.87. The summed E-state index contributed by atoms with van der Waals surface area (Å²) in [6.45, 7) is 8.78. The lowest BCUT2D eigenvalue weighted by Gasteiger charge is -2.35. The van der Waals surface area contributed by atoms with Crippen LogP contribution in [0.2, 0.25) is 0 Å². The van der Waals surface area contributed by atoms with Gasteiger partial charge in [-0.25, -0.2) is 0 Å². The van der Waals surface area contributed by atoms with E-state index in [9.17, 15) is 0 Å². The van der Waals surface area contributed by atoms with E-state index in [1.165, 1.54) is 24.8 Å². The van der Waals surface area contributed by atoms with Crippen molar-refractivity contribution in [2.24, 2.45) is 0 Å². The number of rotatable bonds is 6. The number of nitrogens with one attached hydrogen (secondary N) is 1. The third-order valence-electron chi connectivity index (χ3n) is 4.84. The number of para-hydroxylation sites is 1. The molecular weight excluding hydrogens is 234 g/mol. The number of fused-ring (bicyclic) bond motifs is 1. The molecule has 1 aliphatic heterocycles. The summed E-state index contributed by atoms with van der Waals surface area (Å²) in [5.41, 5.74) is 1.69. The Morgan fingerprint density at radius 3 is 2.53 bits per heavy atom. The van der Waals surface area contributed by atoms with Gasteiger partial charge in [-0.1, -0.05) is 39.0 Å². The molecule has 0 spiro atoms. The van der Waals surface area contributed by atoms with Gasteiger partial charge >= 0.3 is 0 Å². The Labute approximate surface area is 117 Å². The van der Waals surface area contributed by atoms with Gasteiger partial charge in [-0.3, -0.25) is 0 Å². The zero-order chi connectivity index (χ0) is 13.7. The zero-order valence-corrected chi connectivity index (χ0v) is 12.5. The predicted octanol–water partition coefficient (Wildman–Crippen LogP) is 4.11. The second-order valence-electron chi connectivity index (χ2n) is 5.59. The molecule has 0 aromatic heterocycles. The van der Waals surface area contributed by atoms with Crippen molar-refractivity contribution in [1.82, 2.24) is 5.32 Å². The third kappa shape index (κ3) is 3.11. The molecular formula is C17H27NO. The van der Waals surface area contributed by atoms with Crippen LogP contribution in [0.5, 0.6) is 5.75 Å². The molecule has 0 bridgehead atoms. The molecule has 0 saturated heterocycles. The largest absolute Gasteiger partial charge is 0.493 e. The Balaban J connectivity index is 2.05. The highest BCUT2D eigenvalue weighted by Gasteiger charge is 2.27. The molecule has 0 aliphatic carbocycles. The third-order valence-corrected chi connectivity index (χ3v) is 4.84. The van der Waals surface area contributed by atoms with Crippen LogP contribution in [0.1, 0.15) is 57.9 Å². The van der Waals surface area contributed by atoms with Crippen molar-refractivity contribution >= 4 is 0 Å². The molecule has 0 amide bonds. The Bertz CT molecular complexity index is 390. The highest BCUT2D eigenvalue weighted by molar-refractivity contribution is 5.37. The molecule has 1 aromatic rings. The van der Waals surface area contributed by atoms with Crippen LogP contribution in [-0.4, -0.2) is 18.7 Å². The van der Waals surface area contributed by atoms with Crippen LogP contribution in [0.25, 0.3) is 0 Å². The average Bonchev–Trinajstić information content (AvgIpc) is 2.49. The van der Waals surface area contributed by atoms with Gasteiger partial charge in [0.1, 0.15) is 5.75 Å². The summed E-state index contributed by atoms with van der Waals surface area (Å²) in [6, 6.07) is 8.48. The summed E-state index contributed by atoms with van der Waals surface area (Å²) in [4.78, 5) is 0. The molecule has 2 nitrogen and oxygen atoms in total. The van der Waals surface area contributed by atoms with Gasteiger partial charge in [0.05, 0.1) is 6.61 Å². The Kier molecular flexibility index (Phi) is 4.87. The molecule has 1 atom stereocenters. The van der Waals surface area contributed by atoms with Crippen molar-refractivity contribution < 1.29 is 4.74 Å². The number of benzene rings is 1. The van der Waals surface area contributed by atoms with Crippen LogP contribution in [-0.2, 0) is 0 Å². The van der Waals surface area contributed by atoms with E-state index in [1.54, 1.807) is 0 Å². The summed E-state index contributed by atoms with van der Waals surface area (Å²) < 4.78 is 5.74. The van der Waals surface area contributed by atoms with Crippen molar-refractivity contribution in [3.8, 4) is 5.75 Å². The molecule has 1 aliphatic rings. The number of hydrogen-bond donors (Lipinski definition) is 1. The van der Waals surface area contributed by atoms with E-state index < -0.39 is 0 Å². The standard InChI is InChI=1S/C17H27NO/c1-4-17(5-2,6-3)18-13-14-11-12-19-16-10-8-7-9-15(14)16/h7-10,14,18H,4-6,11-13H2,1-3H3. The maximum Gasteiger partial charge on any atom is 0.122 e. The second kappa shape index (κ2) is 6.42. The van der Waals surface area contributed by atoms with Crippen LogP contribution in [0.15, 0.2) is 24.3 Å². The monoisotopic (exact) mass is 261 g/mol. The molecule has 1 heterocycles. The van der Waals surface area contributed by atoms with E-state index in [0.717, 1.165) is 25.3 Å². The van der Waals surface area contributed by atoms with Gasteiger partial charge in [0, 0.05) is 18.0 Å². The van der Waals surface area contributed by atoms with Crippen molar-refractivity contribution in [2.45, 2.75) is 57.9 Å². The lowest BCUT2D eigenvalue weighted by molar-refractivity contribution is 0.239. The van der Waals surface area contributed by atoms with Gasteiger partial charge in [0.25, 0.3) is 0 Å². The fraction of sp³-hybridized carbons (Fsp3) is 0.647. The summed E-state index contributed by atoms with van der Waals surface area (Å²) in [7, 11) is 0. The van der Waals surface area contributed by atoms with Gasteiger partial charge in [0.15, 0.2) is 0 Å². The van der Waals surface area contributed by atoms with Crippen molar-refractivity contribution in [1.29, 1.82) is 0 Å². The fourth-order valence-electron chi connectivity index (χ4n) is 3.09. The quantitative estimate of drug-likeness (QED) is 0.832. The van der Waals surface area contributed by atoms with Crippen LogP contribution in [0.4, 0.5) is 0 Å². The summed E-state index contributed by atoms with van der Waals surface area (Å²) in [5, 5.41) is 3.84. The molecule has 0 saturated carbocycles. The van der Waals surface area contributed by atoms with Gasteiger partial charge in [-0.2, -0.15) is 0 Å². The minimum atomic E-state index is 0.313. The van der Waals surface area contributed by atoms with E-state index in [4.69, 9.17) is 4.74 Å². The molecule has 106 valence electrons. The first-order valence-corrected chi connectivity index (χ1v) is 7.71. The summed E-state index contributed by atoms with van der Waals surface area (Å²) in [6.07, 6.45) is 4.72. The van der Waals surface area contributed by atoms with E-state index in [2.05, 4.69) is 50.4 Å². The zero-order valence-electron chi connectivity index (χ0n) is 12.5. The first kappa shape index (κ1) is 14.4. The van der Waals surface area contributed by atoms with E-state index >= 15 is 0 Å². The van der Waals surface area contributed by atoms with Gasteiger partial charge in [-0.05, 0) is 37.3 Å². The SMILES string of the molecule is CCC(CC)(CC)NCC1CCOc2ccccc21. The fourth-order valence-corrected chi connectivity index (χ4v) is 3.09. The predicted molar refractivity (Wildman–Crippen MR) is 80.9 cm³/mol. The molecule has 2 rings (SSSR count). The van der Waals surface area contributed by atoms with Gasteiger partial charge < -0.3 is 10.1 Å². The first-order valence-electron chi connectivity index (χ1n) is 7.71. The van der Waals surface area contributed by atoms with E-state index in [0.29, 0.717) is 11.5 Å². The Hall–Kier alpha value is -1.02. The van der Waals surface area contributed by atoms with Crippen LogP contribution >= 0.6 is 0 Å². The lowest BCUT2D eigenvalue weighted by Crippen LogP contribution is -2.45. The van der Waals surface area contributed by atoms with E-state index in [-0.39, 0.29) is 0 Å². The first-order chi connectivity index (χ1) is 9.24. The summed E-state index contributed by atoms with van der Waals surface area (Å²) >= 11 is 0. The van der Waals surface area contributed by atoms with Crippen LogP contribution in [0.3, 0.4) is 0 Å². The number of ether oxygens (including phenoxy) is 1. The highest BCUT2D eigenvalue weighted by Crippen LogP contribution is 2.33. The molecule has 0 radical (unpaired) electrons. The normalized spacial score (nSPS) is 18.8. The smallest absolute Gasteiger partial charge is 0.122 e. The van der Waals surface area contributed by atoms with Gasteiger partial charge in [-0.15, -0.1) is 0 Å². The molecule has 1 aromatic carbocycles. The Morgan fingerprint density at radius 1 is 1.16 bits per heavy atom. The molecule has 2 heteroatoms. The minimum absolute atomic E-state index is 0.313. The average molecular weight is 261 g/mol. The topological polar surface area (TPSA) is 21.3 Å². The maximum atomic E-state index is 5.74. The maximum absolute atomic E-state index is 5.74.